The highest BCUT2D eigenvalue weighted by molar-refractivity contribution is 6.35. The lowest BCUT2D eigenvalue weighted by atomic mass is 10.2. The number of rotatable bonds is 1. The first-order valence-corrected chi connectivity index (χ1v) is 5.86. The van der Waals surface area contributed by atoms with Crippen LogP contribution in [-0.4, -0.2) is 25.7 Å². The van der Waals surface area contributed by atoms with Crippen molar-refractivity contribution in [2.45, 2.75) is 13.0 Å². The second-order valence-electron chi connectivity index (χ2n) is 3.90. The average molecular weight is 245 g/mol. The Morgan fingerprint density at radius 1 is 1.40 bits per heavy atom. The number of hydrogen-bond donors (Lipinski definition) is 1. The third kappa shape index (κ3) is 2.57. The maximum Gasteiger partial charge on any atom is 0.0640 e. The molecule has 1 atom stereocenters. The minimum atomic E-state index is 0.494. The molecule has 1 aromatic carbocycles. The van der Waals surface area contributed by atoms with Crippen molar-refractivity contribution in [3.63, 3.8) is 0 Å². The summed E-state index contributed by atoms with van der Waals surface area (Å²) in [6.07, 6.45) is 0. The van der Waals surface area contributed by atoms with Gasteiger partial charge in [0.25, 0.3) is 0 Å². The number of benzene rings is 1. The molecule has 0 unspecified atom stereocenters. The van der Waals surface area contributed by atoms with Gasteiger partial charge in [0.1, 0.15) is 0 Å². The van der Waals surface area contributed by atoms with Gasteiger partial charge >= 0.3 is 0 Å². The monoisotopic (exact) mass is 244 g/mol. The van der Waals surface area contributed by atoms with Gasteiger partial charge in [-0.1, -0.05) is 23.2 Å². The van der Waals surface area contributed by atoms with E-state index in [4.69, 9.17) is 23.2 Å². The van der Waals surface area contributed by atoms with Crippen LogP contribution in [0.3, 0.4) is 0 Å². The summed E-state index contributed by atoms with van der Waals surface area (Å²) in [5.74, 6) is 0. The average Bonchev–Trinajstić information content (AvgIpc) is 2.22. The van der Waals surface area contributed by atoms with E-state index in [2.05, 4.69) is 17.1 Å². The number of anilines is 1. The lowest BCUT2D eigenvalue weighted by Crippen LogP contribution is -2.49. The van der Waals surface area contributed by atoms with Crippen molar-refractivity contribution in [3.8, 4) is 0 Å². The largest absolute Gasteiger partial charge is 0.367 e. The van der Waals surface area contributed by atoms with Crippen LogP contribution in [0.15, 0.2) is 18.2 Å². The number of hydrogen-bond acceptors (Lipinski definition) is 2. The molecule has 0 spiro atoms. The fourth-order valence-corrected chi connectivity index (χ4v) is 2.28. The summed E-state index contributed by atoms with van der Waals surface area (Å²) < 4.78 is 0. The van der Waals surface area contributed by atoms with Crippen molar-refractivity contribution in [2.24, 2.45) is 0 Å². The molecule has 1 aromatic rings. The van der Waals surface area contributed by atoms with Gasteiger partial charge < -0.3 is 10.2 Å². The summed E-state index contributed by atoms with van der Waals surface area (Å²) in [5, 5.41) is 4.91. The van der Waals surface area contributed by atoms with Gasteiger partial charge in [0.05, 0.1) is 10.7 Å². The Bertz CT molecular complexity index is 354. The predicted molar refractivity (Wildman–Crippen MR) is 66.1 cm³/mol. The molecular formula is C11H14Cl2N2. The van der Waals surface area contributed by atoms with Crippen molar-refractivity contribution >= 4 is 28.9 Å². The zero-order valence-electron chi connectivity index (χ0n) is 8.63. The van der Waals surface area contributed by atoms with E-state index >= 15 is 0 Å². The van der Waals surface area contributed by atoms with E-state index in [0.717, 1.165) is 35.4 Å². The molecule has 0 amide bonds. The van der Waals surface area contributed by atoms with Crippen LogP contribution in [0.1, 0.15) is 6.92 Å². The van der Waals surface area contributed by atoms with Crippen LogP contribution >= 0.6 is 23.2 Å². The van der Waals surface area contributed by atoms with Gasteiger partial charge in [-0.15, -0.1) is 0 Å². The fourth-order valence-electron chi connectivity index (χ4n) is 1.88. The zero-order valence-corrected chi connectivity index (χ0v) is 10.1. The van der Waals surface area contributed by atoms with Gasteiger partial charge in [0.15, 0.2) is 0 Å². The van der Waals surface area contributed by atoms with E-state index in [1.165, 1.54) is 0 Å². The summed E-state index contributed by atoms with van der Waals surface area (Å²) in [6, 6.07) is 6.10. The van der Waals surface area contributed by atoms with E-state index in [0.29, 0.717) is 6.04 Å². The van der Waals surface area contributed by atoms with E-state index in [1.54, 1.807) is 0 Å². The Labute approximate surface area is 100 Å². The molecule has 1 aliphatic rings. The minimum Gasteiger partial charge on any atom is -0.367 e. The van der Waals surface area contributed by atoms with Crippen LogP contribution in [0.25, 0.3) is 0 Å². The molecule has 0 radical (unpaired) electrons. The van der Waals surface area contributed by atoms with Crippen LogP contribution in [0.5, 0.6) is 0 Å². The summed E-state index contributed by atoms with van der Waals surface area (Å²) in [4.78, 5) is 2.27. The Kier molecular flexibility index (Phi) is 3.39. The Balaban J connectivity index is 2.24. The smallest absolute Gasteiger partial charge is 0.0640 e. The molecule has 4 heteroatoms. The van der Waals surface area contributed by atoms with E-state index in [9.17, 15) is 0 Å². The molecular weight excluding hydrogens is 231 g/mol. The minimum absolute atomic E-state index is 0.494. The van der Waals surface area contributed by atoms with E-state index < -0.39 is 0 Å². The molecule has 0 aliphatic carbocycles. The van der Waals surface area contributed by atoms with Gasteiger partial charge in [0, 0.05) is 30.7 Å². The van der Waals surface area contributed by atoms with E-state index in [-0.39, 0.29) is 0 Å². The molecule has 1 N–H and O–H groups in total. The molecule has 0 bridgehead atoms. The maximum absolute atomic E-state index is 6.16. The molecule has 82 valence electrons. The molecule has 2 nitrogen and oxygen atoms in total. The molecule has 0 aromatic heterocycles. The predicted octanol–water partition coefficient (Wildman–Crippen LogP) is 2.79. The fraction of sp³-hybridized carbons (Fsp3) is 0.455. The van der Waals surface area contributed by atoms with Gasteiger partial charge in [-0.05, 0) is 25.1 Å². The second-order valence-corrected chi connectivity index (χ2v) is 4.74. The third-order valence-electron chi connectivity index (χ3n) is 2.62. The topological polar surface area (TPSA) is 15.3 Å². The first-order chi connectivity index (χ1) is 7.16. The first-order valence-electron chi connectivity index (χ1n) is 5.10. The SMILES string of the molecule is C[C@@H]1CN(c2cc(Cl)ccc2Cl)CCN1. The maximum atomic E-state index is 6.16. The Hall–Kier alpha value is -0.440. The Morgan fingerprint density at radius 2 is 2.20 bits per heavy atom. The van der Waals surface area contributed by atoms with Gasteiger partial charge in [-0.3, -0.25) is 0 Å². The standard InChI is InChI=1S/C11H14Cl2N2/c1-8-7-15(5-4-14-8)11-6-9(12)2-3-10(11)13/h2-3,6,8,14H,4-5,7H2,1H3/t8-/m1/s1. The molecule has 1 heterocycles. The molecule has 1 saturated heterocycles. The van der Waals surface area contributed by atoms with Crippen LogP contribution in [0.2, 0.25) is 10.0 Å². The third-order valence-corrected chi connectivity index (χ3v) is 3.17. The quantitative estimate of drug-likeness (QED) is 0.818. The summed E-state index contributed by atoms with van der Waals surface area (Å²) in [5.41, 5.74) is 1.04. The molecule has 2 rings (SSSR count). The van der Waals surface area contributed by atoms with Crippen molar-refractivity contribution in [3.05, 3.63) is 28.2 Å². The molecule has 1 fully saturated rings. The molecule has 0 saturated carbocycles. The lowest BCUT2D eigenvalue weighted by Gasteiger charge is -2.34. The first kappa shape index (κ1) is 11.1. The number of halogens is 2. The van der Waals surface area contributed by atoms with Crippen molar-refractivity contribution in [1.29, 1.82) is 0 Å². The van der Waals surface area contributed by atoms with Crippen LogP contribution in [0, 0.1) is 0 Å². The summed E-state index contributed by atoms with van der Waals surface area (Å²) in [7, 11) is 0. The summed E-state index contributed by atoms with van der Waals surface area (Å²) in [6.45, 7) is 5.11. The second kappa shape index (κ2) is 4.60. The number of nitrogens with zero attached hydrogens (tertiary/aromatic N) is 1. The summed E-state index contributed by atoms with van der Waals surface area (Å²) >= 11 is 12.1. The normalized spacial score (nSPS) is 21.8. The van der Waals surface area contributed by atoms with E-state index in [1.807, 2.05) is 18.2 Å². The number of piperazine rings is 1. The van der Waals surface area contributed by atoms with Gasteiger partial charge in [-0.25, -0.2) is 0 Å². The highest BCUT2D eigenvalue weighted by Crippen LogP contribution is 2.29. The highest BCUT2D eigenvalue weighted by Gasteiger charge is 2.17. The molecule has 1 aliphatic heterocycles. The lowest BCUT2D eigenvalue weighted by molar-refractivity contribution is 0.485. The van der Waals surface area contributed by atoms with Crippen molar-refractivity contribution in [2.75, 3.05) is 24.5 Å². The van der Waals surface area contributed by atoms with Crippen molar-refractivity contribution < 1.29 is 0 Å². The highest BCUT2D eigenvalue weighted by atomic mass is 35.5. The van der Waals surface area contributed by atoms with Gasteiger partial charge in [-0.2, -0.15) is 0 Å². The van der Waals surface area contributed by atoms with Gasteiger partial charge in [0.2, 0.25) is 0 Å². The molecule has 15 heavy (non-hydrogen) atoms. The van der Waals surface area contributed by atoms with Crippen LogP contribution in [-0.2, 0) is 0 Å². The van der Waals surface area contributed by atoms with Crippen LogP contribution < -0.4 is 10.2 Å². The van der Waals surface area contributed by atoms with Crippen molar-refractivity contribution in [1.82, 2.24) is 5.32 Å². The number of nitrogens with one attached hydrogen (secondary N) is 1. The Morgan fingerprint density at radius 3 is 2.93 bits per heavy atom. The zero-order chi connectivity index (χ0) is 10.8. The van der Waals surface area contributed by atoms with Crippen LogP contribution in [0.4, 0.5) is 5.69 Å².